The van der Waals surface area contributed by atoms with Crippen molar-refractivity contribution in [1.82, 2.24) is 4.90 Å². The summed E-state index contributed by atoms with van der Waals surface area (Å²) in [6.45, 7) is 1.31. The molecule has 0 saturated carbocycles. The first kappa shape index (κ1) is 20.1. The van der Waals surface area contributed by atoms with Gasteiger partial charge in [-0.05, 0) is 37.1 Å². The molecule has 2 fully saturated rings. The van der Waals surface area contributed by atoms with E-state index in [4.69, 9.17) is 0 Å². The molecule has 1 unspecified atom stereocenters. The first-order chi connectivity index (χ1) is 14.5. The second-order valence-corrected chi connectivity index (χ2v) is 7.81. The van der Waals surface area contributed by atoms with Crippen LogP contribution in [0.2, 0.25) is 0 Å². The van der Waals surface area contributed by atoms with Crippen molar-refractivity contribution in [2.24, 2.45) is 11.8 Å². The van der Waals surface area contributed by atoms with Crippen LogP contribution in [-0.4, -0.2) is 42.3 Å². The molecule has 2 aromatic carbocycles. The van der Waals surface area contributed by atoms with Crippen molar-refractivity contribution in [2.75, 3.05) is 29.9 Å². The Balaban J connectivity index is 1.31. The van der Waals surface area contributed by atoms with Crippen LogP contribution in [0.1, 0.15) is 19.3 Å². The number of nitrogens with zero attached hydrogens (tertiary/aromatic N) is 2. The SMILES string of the molecule is O=C(Nc1ccccc1F)C1CCN(C(=O)C2CC(=O)N(c3ccccc3)C2)CC1. The lowest BCUT2D eigenvalue weighted by atomic mass is 9.94. The summed E-state index contributed by atoms with van der Waals surface area (Å²) in [5, 5.41) is 2.64. The number of anilines is 2. The fourth-order valence-electron chi connectivity index (χ4n) is 4.15. The summed E-state index contributed by atoms with van der Waals surface area (Å²) in [7, 11) is 0. The van der Waals surface area contributed by atoms with Crippen molar-refractivity contribution in [3.63, 3.8) is 0 Å². The third kappa shape index (κ3) is 4.20. The zero-order valence-electron chi connectivity index (χ0n) is 16.6. The molecule has 2 heterocycles. The van der Waals surface area contributed by atoms with Gasteiger partial charge >= 0.3 is 0 Å². The van der Waals surface area contributed by atoms with Gasteiger partial charge in [0.15, 0.2) is 0 Å². The average Bonchev–Trinajstić information content (AvgIpc) is 3.17. The lowest BCUT2D eigenvalue weighted by molar-refractivity contribution is -0.138. The number of carbonyl (C=O) groups excluding carboxylic acids is 3. The minimum Gasteiger partial charge on any atom is -0.342 e. The largest absolute Gasteiger partial charge is 0.342 e. The third-order valence-corrected chi connectivity index (χ3v) is 5.85. The van der Waals surface area contributed by atoms with Crippen LogP contribution in [-0.2, 0) is 14.4 Å². The average molecular weight is 409 g/mol. The molecule has 7 heteroatoms. The van der Waals surface area contributed by atoms with Gasteiger partial charge in [-0.1, -0.05) is 30.3 Å². The molecule has 2 saturated heterocycles. The number of amides is 3. The van der Waals surface area contributed by atoms with E-state index in [1.807, 2.05) is 30.3 Å². The van der Waals surface area contributed by atoms with Gasteiger partial charge in [-0.15, -0.1) is 0 Å². The van der Waals surface area contributed by atoms with E-state index in [9.17, 15) is 18.8 Å². The van der Waals surface area contributed by atoms with Crippen LogP contribution >= 0.6 is 0 Å². The number of benzene rings is 2. The predicted molar refractivity (Wildman–Crippen MR) is 111 cm³/mol. The Kier molecular flexibility index (Phi) is 5.79. The minimum atomic E-state index is -0.465. The Morgan fingerprint density at radius 1 is 0.933 bits per heavy atom. The first-order valence-corrected chi connectivity index (χ1v) is 10.2. The molecule has 0 aliphatic carbocycles. The molecule has 0 spiro atoms. The molecule has 3 amide bonds. The Morgan fingerprint density at radius 2 is 1.60 bits per heavy atom. The van der Waals surface area contributed by atoms with Crippen molar-refractivity contribution in [3.05, 3.63) is 60.4 Å². The van der Waals surface area contributed by atoms with Crippen LogP contribution in [0.15, 0.2) is 54.6 Å². The summed E-state index contributed by atoms with van der Waals surface area (Å²) < 4.78 is 13.7. The van der Waals surface area contributed by atoms with Gasteiger partial charge < -0.3 is 15.1 Å². The number of rotatable bonds is 4. The monoisotopic (exact) mass is 409 g/mol. The van der Waals surface area contributed by atoms with Crippen molar-refractivity contribution < 1.29 is 18.8 Å². The van der Waals surface area contributed by atoms with Crippen molar-refractivity contribution in [2.45, 2.75) is 19.3 Å². The van der Waals surface area contributed by atoms with Crippen LogP contribution < -0.4 is 10.2 Å². The molecular formula is C23H24FN3O3. The third-order valence-electron chi connectivity index (χ3n) is 5.85. The highest BCUT2D eigenvalue weighted by Crippen LogP contribution is 2.28. The molecule has 2 aliphatic heterocycles. The van der Waals surface area contributed by atoms with E-state index in [-0.39, 0.29) is 41.7 Å². The molecule has 0 bridgehead atoms. The number of piperidine rings is 1. The summed E-state index contributed by atoms with van der Waals surface area (Å²) in [4.78, 5) is 41.2. The van der Waals surface area contributed by atoms with E-state index < -0.39 is 5.82 Å². The number of halogens is 1. The summed E-state index contributed by atoms with van der Waals surface area (Å²) in [5.74, 6) is -1.39. The highest BCUT2D eigenvalue weighted by molar-refractivity contribution is 6.00. The zero-order valence-corrected chi connectivity index (χ0v) is 16.6. The van der Waals surface area contributed by atoms with E-state index >= 15 is 0 Å². The van der Waals surface area contributed by atoms with Gasteiger partial charge in [-0.2, -0.15) is 0 Å². The second kappa shape index (κ2) is 8.65. The molecule has 30 heavy (non-hydrogen) atoms. The molecule has 6 nitrogen and oxygen atoms in total. The number of likely N-dealkylation sites (tertiary alicyclic amines) is 1. The van der Waals surface area contributed by atoms with E-state index in [1.165, 1.54) is 12.1 Å². The van der Waals surface area contributed by atoms with Gasteiger partial charge in [0.05, 0.1) is 11.6 Å². The Labute approximate surface area is 174 Å². The lowest BCUT2D eigenvalue weighted by Gasteiger charge is -2.33. The molecule has 2 aromatic rings. The maximum absolute atomic E-state index is 13.7. The minimum absolute atomic E-state index is 0.0326. The van der Waals surface area contributed by atoms with E-state index in [0.717, 1.165) is 5.69 Å². The van der Waals surface area contributed by atoms with Gasteiger partial charge in [0.1, 0.15) is 5.82 Å². The molecule has 1 atom stereocenters. The van der Waals surface area contributed by atoms with E-state index in [2.05, 4.69) is 5.32 Å². The van der Waals surface area contributed by atoms with Gasteiger partial charge in [0.25, 0.3) is 0 Å². The van der Waals surface area contributed by atoms with E-state index in [1.54, 1.807) is 21.9 Å². The molecular weight excluding hydrogens is 385 g/mol. The van der Waals surface area contributed by atoms with Crippen LogP contribution in [0.5, 0.6) is 0 Å². The van der Waals surface area contributed by atoms with Gasteiger partial charge in [-0.3, -0.25) is 14.4 Å². The molecule has 0 radical (unpaired) electrons. The standard InChI is InChI=1S/C23H24FN3O3/c24-19-8-4-5-9-20(19)25-22(29)16-10-12-26(13-11-16)23(30)17-14-21(28)27(15-17)18-6-2-1-3-7-18/h1-9,16-17H,10-15H2,(H,25,29). The summed E-state index contributed by atoms with van der Waals surface area (Å²) in [6.07, 6.45) is 1.26. The normalized spacial score (nSPS) is 19.8. The number of carbonyl (C=O) groups is 3. The fourth-order valence-corrected chi connectivity index (χ4v) is 4.15. The Hall–Kier alpha value is -3.22. The zero-order chi connectivity index (χ0) is 21.1. The number of nitrogens with one attached hydrogen (secondary N) is 1. The Bertz CT molecular complexity index is 942. The maximum Gasteiger partial charge on any atom is 0.228 e. The molecule has 0 aromatic heterocycles. The Morgan fingerprint density at radius 3 is 2.30 bits per heavy atom. The topological polar surface area (TPSA) is 69.7 Å². The number of para-hydroxylation sites is 2. The first-order valence-electron chi connectivity index (χ1n) is 10.2. The van der Waals surface area contributed by atoms with Crippen molar-refractivity contribution >= 4 is 29.1 Å². The molecule has 4 rings (SSSR count). The van der Waals surface area contributed by atoms with Crippen LogP contribution in [0.4, 0.5) is 15.8 Å². The number of hydrogen-bond donors (Lipinski definition) is 1. The molecule has 1 N–H and O–H groups in total. The van der Waals surface area contributed by atoms with Gasteiger partial charge in [-0.25, -0.2) is 4.39 Å². The molecule has 2 aliphatic rings. The molecule has 156 valence electrons. The maximum atomic E-state index is 13.7. The highest BCUT2D eigenvalue weighted by Gasteiger charge is 2.38. The van der Waals surface area contributed by atoms with Gasteiger partial charge in [0, 0.05) is 37.7 Å². The predicted octanol–water partition coefficient (Wildman–Crippen LogP) is 3.06. The summed E-state index contributed by atoms with van der Waals surface area (Å²) in [6, 6.07) is 15.4. The second-order valence-electron chi connectivity index (χ2n) is 7.81. The fraction of sp³-hybridized carbons (Fsp3) is 0.348. The number of hydrogen-bond acceptors (Lipinski definition) is 3. The van der Waals surface area contributed by atoms with Crippen molar-refractivity contribution in [3.8, 4) is 0 Å². The lowest BCUT2D eigenvalue weighted by Crippen LogP contribution is -2.44. The van der Waals surface area contributed by atoms with Crippen molar-refractivity contribution in [1.29, 1.82) is 0 Å². The summed E-state index contributed by atoms with van der Waals surface area (Å²) >= 11 is 0. The highest BCUT2D eigenvalue weighted by atomic mass is 19.1. The quantitative estimate of drug-likeness (QED) is 0.844. The van der Waals surface area contributed by atoms with Gasteiger partial charge in [0.2, 0.25) is 17.7 Å². The smallest absolute Gasteiger partial charge is 0.228 e. The van der Waals surface area contributed by atoms with Crippen LogP contribution in [0.25, 0.3) is 0 Å². The van der Waals surface area contributed by atoms with Crippen LogP contribution in [0, 0.1) is 17.7 Å². The summed E-state index contributed by atoms with van der Waals surface area (Å²) in [5.41, 5.74) is 0.979. The van der Waals surface area contributed by atoms with Crippen LogP contribution in [0.3, 0.4) is 0 Å². The van der Waals surface area contributed by atoms with E-state index in [0.29, 0.717) is 32.5 Å².